The van der Waals surface area contributed by atoms with Gasteiger partial charge in [0.1, 0.15) is 5.75 Å². The maximum absolute atomic E-state index is 11.0. The summed E-state index contributed by atoms with van der Waals surface area (Å²) in [6.07, 6.45) is 7.19. The maximum atomic E-state index is 11.0. The zero-order chi connectivity index (χ0) is 16.7. The lowest BCUT2D eigenvalue weighted by Gasteiger charge is -2.33. The standard InChI is InChI=1S/C18H25NO3S/c1-14(23-17(20)19-21)12-15-6-8-16(9-7-15)22-13-18(2)10-4-3-5-11-18/h6-9,14H,3-5,10-13H2,1-2H3. The molecule has 4 nitrogen and oxygen atoms in total. The van der Waals surface area contributed by atoms with Crippen molar-refractivity contribution < 1.29 is 9.53 Å². The van der Waals surface area contributed by atoms with Crippen molar-refractivity contribution in [2.45, 2.75) is 57.6 Å². The van der Waals surface area contributed by atoms with E-state index < -0.39 is 5.24 Å². The van der Waals surface area contributed by atoms with Gasteiger partial charge in [-0.3, -0.25) is 4.79 Å². The van der Waals surface area contributed by atoms with Gasteiger partial charge in [0.2, 0.25) is 0 Å². The average molecular weight is 335 g/mol. The van der Waals surface area contributed by atoms with Crippen LogP contribution in [0.25, 0.3) is 0 Å². The maximum Gasteiger partial charge on any atom is 0.343 e. The minimum atomic E-state index is -0.654. The van der Waals surface area contributed by atoms with Crippen LogP contribution in [0.5, 0.6) is 5.75 Å². The van der Waals surface area contributed by atoms with E-state index in [2.05, 4.69) is 12.1 Å². The van der Waals surface area contributed by atoms with Gasteiger partial charge in [0.05, 0.1) is 6.61 Å². The largest absolute Gasteiger partial charge is 0.493 e. The molecule has 0 N–H and O–H groups in total. The zero-order valence-corrected chi connectivity index (χ0v) is 14.7. The van der Waals surface area contributed by atoms with Crippen LogP contribution in [0.4, 0.5) is 4.79 Å². The molecule has 2 rings (SSSR count). The first-order chi connectivity index (χ1) is 11.0. The smallest absolute Gasteiger partial charge is 0.343 e. The van der Waals surface area contributed by atoms with Gasteiger partial charge < -0.3 is 4.74 Å². The Balaban J connectivity index is 1.82. The summed E-state index contributed by atoms with van der Waals surface area (Å²) in [7, 11) is 0. The first-order valence-electron chi connectivity index (χ1n) is 8.26. The van der Waals surface area contributed by atoms with Crippen molar-refractivity contribution in [3.63, 3.8) is 0 Å². The van der Waals surface area contributed by atoms with Crippen molar-refractivity contribution in [2.24, 2.45) is 10.6 Å². The summed E-state index contributed by atoms with van der Waals surface area (Å²) in [4.78, 5) is 21.1. The monoisotopic (exact) mass is 335 g/mol. The number of ether oxygens (including phenoxy) is 1. The summed E-state index contributed by atoms with van der Waals surface area (Å²) in [6.45, 7) is 5.01. The lowest BCUT2D eigenvalue weighted by atomic mass is 9.76. The van der Waals surface area contributed by atoms with Gasteiger partial charge >= 0.3 is 5.24 Å². The molecule has 1 unspecified atom stereocenters. The number of rotatable bonds is 6. The van der Waals surface area contributed by atoms with E-state index in [1.807, 2.05) is 31.2 Å². The van der Waals surface area contributed by atoms with Crippen LogP contribution in [0.2, 0.25) is 0 Å². The lowest BCUT2D eigenvalue weighted by molar-refractivity contribution is 0.116. The van der Waals surface area contributed by atoms with Gasteiger partial charge in [-0.05, 0) is 37.0 Å². The van der Waals surface area contributed by atoms with Gasteiger partial charge in [-0.15, -0.1) is 4.91 Å². The van der Waals surface area contributed by atoms with Gasteiger partial charge in [-0.1, -0.05) is 57.0 Å². The molecule has 1 aromatic rings. The number of benzene rings is 1. The molecule has 0 spiro atoms. The molecular formula is C18H25NO3S. The lowest BCUT2D eigenvalue weighted by Crippen LogP contribution is -2.27. The van der Waals surface area contributed by atoms with Crippen LogP contribution in [0, 0.1) is 10.3 Å². The Morgan fingerprint density at radius 3 is 2.52 bits per heavy atom. The molecule has 1 saturated carbocycles. The number of nitroso groups, excluding NO2 is 1. The molecule has 1 amide bonds. The Bertz CT molecular complexity index is 524. The Kier molecular flexibility index (Phi) is 6.63. The van der Waals surface area contributed by atoms with Crippen molar-refractivity contribution in [1.82, 2.24) is 0 Å². The average Bonchev–Trinajstić information content (AvgIpc) is 2.55. The first-order valence-corrected chi connectivity index (χ1v) is 9.14. The molecular weight excluding hydrogens is 310 g/mol. The summed E-state index contributed by atoms with van der Waals surface area (Å²) in [5, 5.41) is 1.79. The number of amides is 1. The van der Waals surface area contributed by atoms with E-state index >= 15 is 0 Å². The topological polar surface area (TPSA) is 55.7 Å². The van der Waals surface area contributed by atoms with Crippen molar-refractivity contribution in [3.05, 3.63) is 34.7 Å². The van der Waals surface area contributed by atoms with E-state index in [4.69, 9.17) is 4.74 Å². The van der Waals surface area contributed by atoms with Crippen LogP contribution in [-0.2, 0) is 6.42 Å². The molecule has 1 aliphatic rings. The summed E-state index contributed by atoms with van der Waals surface area (Å²) in [6, 6.07) is 8.01. The molecule has 23 heavy (non-hydrogen) atoms. The number of carbonyl (C=O) groups excluding carboxylic acids is 1. The molecule has 0 heterocycles. The van der Waals surface area contributed by atoms with Gasteiger partial charge in [-0.25, -0.2) is 0 Å². The van der Waals surface area contributed by atoms with E-state index in [0.29, 0.717) is 5.41 Å². The SMILES string of the molecule is CC(Cc1ccc(OCC2(C)CCCCC2)cc1)SC(=O)N=O. The summed E-state index contributed by atoms with van der Waals surface area (Å²) >= 11 is 0.978. The summed E-state index contributed by atoms with van der Waals surface area (Å²) < 4.78 is 5.97. The third kappa shape index (κ3) is 5.98. The third-order valence-corrected chi connectivity index (χ3v) is 5.32. The van der Waals surface area contributed by atoms with Gasteiger partial charge in [0.25, 0.3) is 0 Å². The normalized spacial score (nSPS) is 18.2. The van der Waals surface area contributed by atoms with Crippen LogP contribution in [0.3, 0.4) is 0 Å². The van der Waals surface area contributed by atoms with Gasteiger partial charge in [-0.2, -0.15) is 0 Å². The molecule has 1 atom stereocenters. The Morgan fingerprint density at radius 1 is 1.26 bits per heavy atom. The highest BCUT2D eigenvalue weighted by Crippen LogP contribution is 2.36. The minimum absolute atomic E-state index is 0.0353. The van der Waals surface area contributed by atoms with Gasteiger partial charge in [0.15, 0.2) is 0 Å². The van der Waals surface area contributed by atoms with Gasteiger partial charge in [0, 0.05) is 15.8 Å². The Labute approximate surface area is 142 Å². The van der Waals surface area contributed by atoms with Crippen LogP contribution in [0.15, 0.2) is 29.4 Å². The molecule has 1 aliphatic carbocycles. The van der Waals surface area contributed by atoms with Crippen molar-refractivity contribution in [3.8, 4) is 5.75 Å². The number of thioether (sulfide) groups is 1. The van der Waals surface area contributed by atoms with Crippen molar-refractivity contribution >= 4 is 17.0 Å². The van der Waals surface area contributed by atoms with Crippen LogP contribution < -0.4 is 4.74 Å². The second kappa shape index (κ2) is 8.48. The third-order valence-electron chi connectivity index (χ3n) is 4.47. The molecule has 0 bridgehead atoms. The number of nitrogens with zero attached hydrogens (tertiary/aromatic N) is 1. The highest BCUT2D eigenvalue weighted by atomic mass is 32.2. The zero-order valence-electron chi connectivity index (χ0n) is 13.9. The van der Waals surface area contributed by atoms with Crippen molar-refractivity contribution in [1.29, 1.82) is 0 Å². The van der Waals surface area contributed by atoms with E-state index in [1.165, 1.54) is 32.1 Å². The Morgan fingerprint density at radius 2 is 1.91 bits per heavy atom. The van der Waals surface area contributed by atoms with E-state index in [-0.39, 0.29) is 5.25 Å². The predicted molar refractivity (Wildman–Crippen MR) is 95.1 cm³/mol. The number of hydrogen-bond acceptors (Lipinski definition) is 4. The first kappa shape index (κ1) is 18.0. The van der Waals surface area contributed by atoms with Crippen molar-refractivity contribution in [2.75, 3.05) is 6.61 Å². The fourth-order valence-electron chi connectivity index (χ4n) is 3.10. The Hall–Kier alpha value is -1.36. The van der Waals surface area contributed by atoms with Crippen LogP contribution in [-0.4, -0.2) is 17.1 Å². The van der Waals surface area contributed by atoms with Crippen LogP contribution >= 0.6 is 11.8 Å². The number of hydrogen-bond donors (Lipinski definition) is 0. The molecule has 0 saturated heterocycles. The second-order valence-corrected chi connectivity index (χ2v) is 8.18. The molecule has 0 radical (unpaired) electrons. The fourth-order valence-corrected chi connectivity index (χ4v) is 3.76. The highest BCUT2D eigenvalue weighted by Gasteiger charge is 2.27. The quantitative estimate of drug-likeness (QED) is 0.636. The molecule has 1 aromatic carbocycles. The predicted octanol–water partition coefficient (Wildman–Crippen LogP) is 5.59. The highest BCUT2D eigenvalue weighted by molar-refractivity contribution is 8.14. The van der Waals surface area contributed by atoms with E-state index in [9.17, 15) is 9.70 Å². The molecule has 0 aliphatic heterocycles. The molecule has 0 aromatic heterocycles. The van der Waals surface area contributed by atoms with E-state index in [0.717, 1.165) is 36.1 Å². The summed E-state index contributed by atoms with van der Waals surface area (Å²) in [5.74, 6) is 0.895. The molecule has 1 fully saturated rings. The molecule has 5 heteroatoms. The second-order valence-electron chi connectivity index (χ2n) is 6.79. The summed E-state index contributed by atoms with van der Waals surface area (Å²) in [5.41, 5.74) is 1.43. The van der Waals surface area contributed by atoms with Crippen LogP contribution in [0.1, 0.15) is 51.5 Å². The minimum Gasteiger partial charge on any atom is -0.493 e. The number of carbonyl (C=O) groups is 1. The molecule has 126 valence electrons. The van der Waals surface area contributed by atoms with E-state index in [1.54, 1.807) is 0 Å². The fraction of sp³-hybridized carbons (Fsp3) is 0.611.